The first-order chi connectivity index (χ1) is 12.6. The number of nitrogens with one attached hydrogen (secondary N) is 2. The van der Waals surface area contributed by atoms with E-state index in [1.807, 2.05) is 18.2 Å². The standard InChI is InChI=1S/C22H32N2O2/c1-16-14-19(16)22(26)23-13-12-21(25)24-20(18-10-6-3-7-11-18)15-17-8-4-2-5-9-17/h3,6-7,10-11,16-17,19-20H,2,4-5,8-9,12-15H2,1H3,(H,23,26)(H,24,25). The highest BCUT2D eigenvalue weighted by Crippen LogP contribution is 2.37. The summed E-state index contributed by atoms with van der Waals surface area (Å²) in [6.07, 6.45) is 8.86. The van der Waals surface area contributed by atoms with Crippen LogP contribution in [0.25, 0.3) is 0 Å². The normalized spacial score (nSPS) is 23.9. The van der Waals surface area contributed by atoms with Crippen molar-refractivity contribution in [3.8, 4) is 0 Å². The summed E-state index contributed by atoms with van der Waals surface area (Å²) in [6, 6.07) is 10.4. The molecule has 3 rings (SSSR count). The van der Waals surface area contributed by atoms with Crippen LogP contribution in [-0.4, -0.2) is 18.4 Å². The Morgan fingerprint density at radius 1 is 1.12 bits per heavy atom. The van der Waals surface area contributed by atoms with E-state index in [-0.39, 0.29) is 23.8 Å². The lowest BCUT2D eigenvalue weighted by Crippen LogP contribution is -2.34. The third kappa shape index (κ3) is 5.58. The van der Waals surface area contributed by atoms with E-state index in [0.717, 1.165) is 12.8 Å². The van der Waals surface area contributed by atoms with E-state index in [0.29, 0.717) is 24.8 Å². The first-order valence-corrected chi connectivity index (χ1v) is 10.3. The van der Waals surface area contributed by atoms with Gasteiger partial charge in [0, 0.05) is 18.9 Å². The highest BCUT2D eigenvalue weighted by Gasteiger charge is 2.38. The van der Waals surface area contributed by atoms with Crippen LogP contribution >= 0.6 is 0 Å². The van der Waals surface area contributed by atoms with Gasteiger partial charge in [0.25, 0.3) is 0 Å². The van der Waals surface area contributed by atoms with Gasteiger partial charge in [-0.3, -0.25) is 9.59 Å². The number of hydrogen-bond donors (Lipinski definition) is 2. The zero-order chi connectivity index (χ0) is 18.4. The molecule has 0 aromatic heterocycles. The number of rotatable bonds is 8. The molecule has 0 saturated heterocycles. The Balaban J connectivity index is 1.49. The summed E-state index contributed by atoms with van der Waals surface area (Å²) >= 11 is 0. The van der Waals surface area contributed by atoms with Gasteiger partial charge in [0.05, 0.1) is 6.04 Å². The van der Waals surface area contributed by atoms with Gasteiger partial charge >= 0.3 is 0 Å². The average molecular weight is 357 g/mol. The summed E-state index contributed by atoms with van der Waals surface area (Å²) in [5.41, 5.74) is 1.18. The lowest BCUT2D eigenvalue weighted by atomic mass is 9.83. The number of carbonyl (C=O) groups is 2. The van der Waals surface area contributed by atoms with Crippen LogP contribution in [-0.2, 0) is 9.59 Å². The minimum atomic E-state index is 0.0267. The Hall–Kier alpha value is -1.84. The molecule has 2 N–H and O–H groups in total. The molecule has 2 aliphatic rings. The van der Waals surface area contributed by atoms with Gasteiger partial charge in [0.2, 0.25) is 11.8 Å². The monoisotopic (exact) mass is 356 g/mol. The third-order valence-corrected chi connectivity index (χ3v) is 5.93. The van der Waals surface area contributed by atoms with Crippen molar-refractivity contribution in [1.82, 2.24) is 10.6 Å². The second kappa shape index (κ2) is 9.20. The molecule has 0 spiro atoms. The first kappa shape index (κ1) is 18.9. The molecule has 2 aliphatic carbocycles. The molecule has 0 heterocycles. The van der Waals surface area contributed by atoms with Crippen molar-refractivity contribution in [2.45, 2.75) is 64.3 Å². The van der Waals surface area contributed by atoms with Crippen LogP contribution in [0.15, 0.2) is 30.3 Å². The van der Waals surface area contributed by atoms with Crippen LogP contribution in [0.2, 0.25) is 0 Å². The van der Waals surface area contributed by atoms with Crippen LogP contribution in [0.1, 0.15) is 69.9 Å². The van der Waals surface area contributed by atoms with E-state index in [2.05, 4.69) is 29.7 Å². The lowest BCUT2D eigenvalue weighted by Gasteiger charge is -2.27. The second-order valence-electron chi connectivity index (χ2n) is 8.13. The number of hydrogen-bond acceptors (Lipinski definition) is 2. The Bertz CT molecular complexity index is 595. The molecule has 2 saturated carbocycles. The van der Waals surface area contributed by atoms with Gasteiger partial charge < -0.3 is 10.6 Å². The molecule has 3 atom stereocenters. The number of carbonyl (C=O) groups excluding carboxylic acids is 2. The Kier molecular flexibility index (Phi) is 6.70. The molecule has 2 fully saturated rings. The topological polar surface area (TPSA) is 58.2 Å². The highest BCUT2D eigenvalue weighted by atomic mass is 16.2. The van der Waals surface area contributed by atoms with Crippen molar-refractivity contribution >= 4 is 11.8 Å². The van der Waals surface area contributed by atoms with Crippen LogP contribution in [0.5, 0.6) is 0 Å². The molecule has 3 unspecified atom stereocenters. The fraction of sp³-hybridized carbons (Fsp3) is 0.636. The summed E-state index contributed by atoms with van der Waals surface area (Å²) in [5, 5.41) is 6.12. The minimum Gasteiger partial charge on any atom is -0.355 e. The van der Waals surface area contributed by atoms with Gasteiger partial charge in [-0.2, -0.15) is 0 Å². The summed E-state index contributed by atoms with van der Waals surface area (Å²) < 4.78 is 0. The molecule has 4 heteroatoms. The van der Waals surface area contributed by atoms with E-state index in [4.69, 9.17) is 0 Å². The molecule has 26 heavy (non-hydrogen) atoms. The summed E-state index contributed by atoms with van der Waals surface area (Å²) in [7, 11) is 0. The van der Waals surface area contributed by atoms with Crippen LogP contribution in [0.3, 0.4) is 0 Å². The quantitative estimate of drug-likeness (QED) is 0.740. The fourth-order valence-corrected chi connectivity index (χ4v) is 4.10. The van der Waals surface area contributed by atoms with Crippen LogP contribution in [0.4, 0.5) is 0 Å². The van der Waals surface area contributed by atoms with Crippen molar-refractivity contribution < 1.29 is 9.59 Å². The van der Waals surface area contributed by atoms with Gasteiger partial charge in [-0.25, -0.2) is 0 Å². The Labute approximate surface area is 157 Å². The highest BCUT2D eigenvalue weighted by molar-refractivity contribution is 5.82. The van der Waals surface area contributed by atoms with E-state index < -0.39 is 0 Å². The molecule has 142 valence electrons. The molecular formula is C22H32N2O2. The molecular weight excluding hydrogens is 324 g/mol. The molecule has 1 aromatic carbocycles. The maximum atomic E-state index is 12.4. The number of benzene rings is 1. The number of amides is 2. The largest absolute Gasteiger partial charge is 0.355 e. The van der Waals surface area contributed by atoms with Crippen molar-refractivity contribution in [2.24, 2.45) is 17.8 Å². The SMILES string of the molecule is CC1CC1C(=O)NCCC(=O)NC(CC1CCCCC1)c1ccccc1. The van der Waals surface area contributed by atoms with Crippen LogP contribution in [0, 0.1) is 17.8 Å². The third-order valence-electron chi connectivity index (χ3n) is 5.93. The Morgan fingerprint density at radius 2 is 1.81 bits per heavy atom. The van der Waals surface area contributed by atoms with Gasteiger partial charge in [0.15, 0.2) is 0 Å². The molecule has 0 radical (unpaired) electrons. The van der Waals surface area contributed by atoms with Crippen molar-refractivity contribution in [3.05, 3.63) is 35.9 Å². The molecule has 2 amide bonds. The second-order valence-corrected chi connectivity index (χ2v) is 8.13. The van der Waals surface area contributed by atoms with Gasteiger partial charge in [-0.05, 0) is 30.2 Å². The van der Waals surface area contributed by atoms with Crippen LogP contribution < -0.4 is 10.6 Å². The summed E-state index contributed by atoms with van der Waals surface area (Å²) in [4.78, 5) is 24.3. The van der Waals surface area contributed by atoms with E-state index in [1.165, 1.54) is 37.7 Å². The van der Waals surface area contributed by atoms with Crippen molar-refractivity contribution in [2.75, 3.05) is 6.54 Å². The van der Waals surface area contributed by atoms with Gasteiger partial charge in [0.1, 0.15) is 0 Å². The molecule has 0 bridgehead atoms. The zero-order valence-electron chi connectivity index (χ0n) is 15.9. The molecule has 4 nitrogen and oxygen atoms in total. The summed E-state index contributed by atoms with van der Waals surface area (Å²) in [6.45, 7) is 2.52. The van der Waals surface area contributed by atoms with Crippen molar-refractivity contribution in [1.29, 1.82) is 0 Å². The molecule has 1 aromatic rings. The van der Waals surface area contributed by atoms with E-state index in [9.17, 15) is 9.59 Å². The minimum absolute atomic E-state index is 0.0267. The maximum absolute atomic E-state index is 12.4. The predicted molar refractivity (Wildman–Crippen MR) is 103 cm³/mol. The average Bonchev–Trinajstić information content (AvgIpc) is 3.39. The maximum Gasteiger partial charge on any atom is 0.223 e. The predicted octanol–water partition coefficient (Wildman–Crippen LogP) is 3.98. The first-order valence-electron chi connectivity index (χ1n) is 10.3. The van der Waals surface area contributed by atoms with E-state index >= 15 is 0 Å². The fourth-order valence-electron chi connectivity index (χ4n) is 4.10. The van der Waals surface area contributed by atoms with Crippen molar-refractivity contribution in [3.63, 3.8) is 0 Å². The molecule has 0 aliphatic heterocycles. The zero-order valence-corrected chi connectivity index (χ0v) is 15.9. The van der Waals surface area contributed by atoms with E-state index in [1.54, 1.807) is 0 Å². The smallest absolute Gasteiger partial charge is 0.223 e. The Morgan fingerprint density at radius 3 is 2.46 bits per heavy atom. The summed E-state index contributed by atoms with van der Waals surface area (Å²) in [5.74, 6) is 1.50. The van der Waals surface area contributed by atoms with Gasteiger partial charge in [-0.1, -0.05) is 69.4 Å². The lowest BCUT2D eigenvalue weighted by molar-refractivity contribution is -0.123. The van der Waals surface area contributed by atoms with Gasteiger partial charge in [-0.15, -0.1) is 0 Å².